The minimum Gasteiger partial charge on any atom is -0.323 e. The van der Waals surface area contributed by atoms with Crippen molar-refractivity contribution in [2.75, 3.05) is 10.6 Å². The van der Waals surface area contributed by atoms with Crippen molar-refractivity contribution >= 4 is 34.8 Å². The average molecular weight is 336 g/mol. The number of hydrogen-bond donors (Lipinski definition) is 2. The summed E-state index contributed by atoms with van der Waals surface area (Å²) in [5.41, 5.74) is -0.940. The number of anilines is 2. The highest BCUT2D eigenvalue weighted by Crippen LogP contribution is 2.23. The van der Waals surface area contributed by atoms with Gasteiger partial charge in [-0.15, -0.1) is 0 Å². The fourth-order valence-electron chi connectivity index (χ4n) is 1.69. The summed E-state index contributed by atoms with van der Waals surface area (Å²) >= 11 is 6.07. The number of aromatic nitrogens is 1. The molecule has 2 aromatic rings. The molecule has 0 bridgehead atoms. The van der Waals surface area contributed by atoms with Crippen molar-refractivity contribution in [1.29, 1.82) is 0 Å². The molecule has 1 heterocycles. The van der Waals surface area contributed by atoms with Gasteiger partial charge in [-0.25, -0.2) is 4.39 Å². The molecule has 0 fully saturated rings. The van der Waals surface area contributed by atoms with Crippen LogP contribution in [0.15, 0.2) is 42.7 Å². The van der Waals surface area contributed by atoms with Gasteiger partial charge in [-0.05, 0) is 44.2 Å². The van der Waals surface area contributed by atoms with Crippen molar-refractivity contribution in [3.8, 4) is 0 Å². The van der Waals surface area contributed by atoms with Gasteiger partial charge in [0.2, 0.25) is 0 Å². The van der Waals surface area contributed by atoms with E-state index in [9.17, 15) is 14.0 Å². The number of nitrogens with zero attached hydrogens (tertiary/aromatic N) is 1. The summed E-state index contributed by atoms with van der Waals surface area (Å²) in [6.45, 7) is 2.30. The van der Waals surface area contributed by atoms with Crippen LogP contribution in [0.25, 0.3) is 0 Å². The van der Waals surface area contributed by atoms with Gasteiger partial charge in [0.15, 0.2) is 5.67 Å². The first-order chi connectivity index (χ1) is 10.8. The lowest BCUT2D eigenvalue weighted by Gasteiger charge is -2.14. The normalized spacial score (nSPS) is 11.0. The van der Waals surface area contributed by atoms with E-state index in [0.29, 0.717) is 11.4 Å². The molecule has 7 heteroatoms. The van der Waals surface area contributed by atoms with Gasteiger partial charge in [-0.3, -0.25) is 14.6 Å². The number of pyridine rings is 1. The standard InChI is InChI=1S/C16H15ClFN3O2/c1-16(2,18)15(23)21-10-5-6-12(13(17)8-10)14(22)20-11-4-3-7-19-9-11/h3-9H,1-2H3,(H,20,22)(H,21,23). The largest absolute Gasteiger partial charge is 0.323 e. The molecule has 2 rings (SSSR count). The number of carbonyl (C=O) groups excluding carboxylic acids is 2. The van der Waals surface area contributed by atoms with E-state index in [1.165, 1.54) is 24.4 Å². The third kappa shape index (κ3) is 4.50. The quantitative estimate of drug-likeness (QED) is 0.895. The maximum Gasteiger partial charge on any atom is 0.261 e. The number of halogens is 2. The molecule has 0 aliphatic rings. The minimum atomic E-state index is -2.01. The van der Waals surface area contributed by atoms with Crippen molar-refractivity contribution in [2.45, 2.75) is 19.5 Å². The molecule has 1 aromatic heterocycles. The van der Waals surface area contributed by atoms with Crippen molar-refractivity contribution in [2.24, 2.45) is 0 Å². The molecular weight excluding hydrogens is 321 g/mol. The Morgan fingerprint density at radius 3 is 2.48 bits per heavy atom. The van der Waals surface area contributed by atoms with Crippen LogP contribution in [0.5, 0.6) is 0 Å². The number of rotatable bonds is 4. The van der Waals surface area contributed by atoms with Crippen LogP contribution in [0.1, 0.15) is 24.2 Å². The molecule has 0 radical (unpaired) electrons. The van der Waals surface area contributed by atoms with E-state index in [0.717, 1.165) is 13.8 Å². The Kier molecular flexibility index (Phi) is 4.95. The average Bonchev–Trinajstić information content (AvgIpc) is 2.47. The van der Waals surface area contributed by atoms with Gasteiger partial charge >= 0.3 is 0 Å². The molecule has 5 nitrogen and oxygen atoms in total. The van der Waals surface area contributed by atoms with Gasteiger partial charge in [0, 0.05) is 11.9 Å². The van der Waals surface area contributed by atoms with E-state index in [1.54, 1.807) is 18.3 Å². The van der Waals surface area contributed by atoms with E-state index in [1.807, 2.05) is 0 Å². The molecule has 0 spiro atoms. The van der Waals surface area contributed by atoms with E-state index in [4.69, 9.17) is 11.6 Å². The van der Waals surface area contributed by atoms with Crippen LogP contribution in [0, 0.1) is 0 Å². The number of hydrogen-bond acceptors (Lipinski definition) is 3. The van der Waals surface area contributed by atoms with Crippen molar-refractivity contribution in [3.63, 3.8) is 0 Å². The molecule has 0 aliphatic carbocycles. The highest BCUT2D eigenvalue weighted by atomic mass is 35.5. The molecular formula is C16H15ClFN3O2. The minimum absolute atomic E-state index is 0.140. The summed E-state index contributed by atoms with van der Waals surface area (Å²) in [6, 6.07) is 7.71. The van der Waals surface area contributed by atoms with E-state index >= 15 is 0 Å². The Labute approximate surface area is 137 Å². The lowest BCUT2D eigenvalue weighted by Crippen LogP contribution is -2.32. The van der Waals surface area contributed by atoms with Crippen molar-refractivity contribution in [1.82, 2.24) is 4.98 Å². The molecule has 0 unspecified atom stereocenters. The van der Waals surface area contributed by atoms with Crippen LogP contribution < -0.4 is 10.6 Å². The highest BCUT2D eigenvalue weighted by molar-refractivity contribution is 6.34. The maximum atomic E-state index is 13.5. The van der Waals surface area contributed by atoms with Crippen LogP contribution >= 0.6 is 11.6 Å². The predicted octanol–water partition coefficient (Wildman–Crippen LogP) is 3.67. The number of alkyl halides is 1. The summed E-state index contributed by atoms with van der Waals surface area (Å²) in [6.07, 6.45) is 3.09. The summed E-state index contributed by atoms with van der Waals surface area (Å²) in [5, 5.41) is 5.19. The maximum absolute atomic E-state index is 13.5. The second kappa shape index (κ2) is 6.75. The smallest absolute Gasteiger partial charge is 0.261 e. The monoisotopic (exact) mass is 335 g/mol. The first-order valence-electron chi connectivity index (χ1n) is 6.78. The molecule has 1 aromatic carbocycles. The zero-order valence-corrected chi connectivity index (χ0v) is 13.3. The Morgan fingerprint density at radius 1 is 1.17 bits per heavy atom. The lowest BCUT2D eigenvalue weighted by molar-refractivity contribution is -0.125. The third-order valence-electron chi connectivity index (χ3n) is 2.93. The zero-order chi connectivity index (χ0) is 17.0. The summed E-state index contributed by atoms with van der Waals surface area (Å²) < 4.78 is 13.5. The van der Waals surface area contributed by atoms with Gasteiger partial charge in [0.1, 0.15) is 0 Å². The summed E-state index contributed by atoms with van der Waals surface area (Å²) in [7, 11) is 0. The zero-order valence-electron chi connectivity index (χ0n) is 12.6. The molecule has 2 amide bonds. The predicted molar refractivity (Wildman–Crippen MR) is 87.5 cm³/mol. The van der Waals surface area contributed by atoms with E-state index in [-0.39, 0.29) is 10.6 Å². The van der Waals surface area contributed by atoms with Crippen LogP contribution in [0.3, 0.4) is 0 Å². The number of carbonyl (C=O) groups is 2. The first-order valence-corrected chi connectivity index (χ1v) is 7.16. The van der Waals surface area contributed by atoms with Crippen LogP contribution in [0.4, 0.5) is 15.8 Å². The number of benzene rings is 1. The van der Waals surface area contributed by atoms with Gasteiger partial charge in [-0.1, -0.05) is 11.6 Å². The van der Waals surface area contributed by atoms with Crippen molar-refractivity contribution in [3.05, 3.63) is 53.3 Å². The molecule has 0 atom stereocenters. The highest BCUT2D eigenvalue weighted by Gasteiger charge is 2.26. The molecule has 2 N–H and O–H groups in total. The molecule has 23 heavy (non-hydrogen) atoms. The third-order valence-corrected chi connectivity index (χ3v) is 3.24. The number of amides is 2. The Balaban J connectivity index is 2.13. The Morgan fingerprint density at radius 2 is 1.91 bits per heavy atom. The Hall–Kier alpha value is -2.47. The Bertz CT molecular complexity index is 730. The van der Waals surface area contributed by atoms with Crippen LogP contribution in [0.2, 0.25) is 5.02 Å². The van der Waals surface area contributed by atoms with Crippen molar-refractivity contribution < 1.29 is 14.0 Å². The van der Waals surface area contributed by atoms with E-state index in [2.05, 4.69) is 15.6 Å². The molecule has 120 valence electrons. The van der Waals surface area contributed by atoms with Crippen LogP contribution in [-0.2, 0) is 4.79 Å². The lowest BCUT2D eigenvalue weighted by atomic mass is 10.1. The SMILES string of the molecule is CC(C)(F)C(=O)Nc1ccc(C(=O)Nc2cccnc2)c(Cl)c1. The molecule has 0 saturated heterocycles. The fraction of sp³-hybridized carbons (Fsp3) is 0.188. The van der Waals surface area contributed by atoms with Gasteiger partial charge in [0.05, 0.1) is 22.5 Å². The second-order valence-electron chi connectivity index (χ2n) is 5.32. The van der Waals surface area contributed by atoms with Gasteiger partial charge in [0.25, 0.3) is 11.8 Å². The topological polar surface area (TPSA) is 71.1 Å². The molecule has 0 aliphatic heterocycles. The summed E-state index contributed by atoms with van der Waals surface area (Å²) in [5.74, 6) is -1.20. The number of nitrogens with one attached hydrogen (secondary N) is 2. The second-order valence-corrected chi connectivity index (χ2v) is 5.72. The van der Waals surface area contributed by atoms with Gasteiger partial charge in [-0.2, -0.15) is 0 Å². The van der Waals surface area contributed by atoms with Gasteiger partial charge < -0.3 is 10.6 Å². The molecule has 0 saturated carbocycles. The fourth-order valence-corrected chi connectivity index (χ4v) is 1.96. The van der Waals surface area contributed by atoms with E-state index < -0.39 is 17.5 Å². The first kappa shape index (κ1) is 16.9. The summed E-state index contributed by atoms with van der Waals surface area (Å²) in [4.78, 5) is 27.6. The van der Waals surface area contributed by atoms with Crippen LogP contribution in [-0.4, -0.2) is 22.5 Å².